The van der Waals surface area contributed by atoms with Crippen molar-refractivity contribution in [3.8, 4) is 11.4 Å². The van der Waals surface area contributed by atoms with Crippen LogP contribution < -0.4 is 5.32 Å². The molecule has 1 atom stereocenters. The lowest BCUT2D eigenvalue weighted by atomic mass is 9.95. The minimum Gasteiger partial charge on any atom is -0.383 e. The molecule has 2 heterocycles. The first-order chi connectivity index (χ1) is 13.0. The highest BCUT2D eigenvalue weighted by atomic mass is 35.5. The van der Waals surface area contributed by atoms with Crippen molar-refractivity contribution in [2.24, 2.45) is 5.92 Å². The summed E-state index contributed by atoms with van der Waals surface area (Å²) in [6.45, 7) is 4.71. The molecule has 3 rings (SSSR count). The van der Waals surface area contributed by atoms with Gasteiger partial charge in [0.25, 0.3) is 0 Å². The van der Waals surface area contributed by atoms with Crippen molar-refractivity contribution < 1.29 is 14.1 Å². The van der Waals surface area contributed by atoms with Gasteiger partial charge in [0.1, 0.15) is 0 Å². The second-order valence-electron chi connectivity index (χ2n) is 6.94. The zero-order valence-electron chi connectivity index (χ0n) is 15.7. The molecular formula is C19H25ClN4O3. The number of rotatable bonds is 7. The monoisotopic (exact) mass is 392 g/mol. The zero-order valence-corrected chi connectivity index (χ0v) is 16.4. The Morgan fingerprint density at radius 3 is 2.93 bits per heavy atom. The molecule has 1 aliphatic heterocycles. The fourth-order valence-electron chi connectivity index (χ4n) is 3.26. The van der Waals surface area contributed by atoms with Crippen molar-refractivity contribution in [3.63, 3.8) is 0 Å². The molecule has 27 heavy (non-hydrogen) atoms. The Bertz CT molecular complexity index is 759. The molecule has 1 aromatic carbocycles. The third-order valence-corrected chi connectivity index (χ3v) is 4.91. The van der Waals surface area contributed by atoms with Gasteiger partial charge >= 0.3 is 0 Å². The molecule has 8 heteroatoms. The van der Waals surface area contributed by atoms with Crippen molar-refractivity contribution in [2.75, 3.05) is 26.8 Å². The third kappa shape index (κ3) is 5.51. The first kappa shape index (κ1) is 19.8. The van der Waals surface area contributed by atoms with E-state index in [4.69, 9.17) is 20.9 Å². The number of halogens is 1. The van der Waals surface area contributed by atoms with E-state index in [1.165, 1.54) is 0 Å². The van der Waals surface area contributed by atoms with E-state index in [0.717, 1.165) is 31.5 Å². The van der Waals surface area contributed by atoms with Crippen molar-refractivity contribution in [1.29, 1.82) is 0 Å². The molecule has 1 aliphatic rings. The van der Waals surface area contributed by atoms with E-state index in [-0.39, 0.29) is 17.9 Å². The van der Waals surface area contributed by atoms with Crippen LogP contribution in [0.25, 0.3) is 11.4 Å². The summed E-state index contributed by atoms with van der Waals surface area (Å²) >= 11 is 6.01. The highest BCUT2D eigenvalue weighted by Crippen LogP contribution is 2.22. The standard InChI is InChI=1S/C19H25ClN4O3/c1-13(12-26-2)21-19(25)14-6-8-24(9-7-14)11-17-22-18(23-27-17)15-4-3-5-16(20)10-15/h3-5,10,13-14H,6-9,11-12H2,1-2H3,(H,21,25). The van der Waals surface area contributed by atoms with Crippen molar-refractivity contribution >= 4 is 17.5 Å². The SMILES string of the molecule is COCC(C)NC(=O)C1CCN(Cc2nc(-c3cccc(Cl)c3)no2)CC1. The first-order valence-corrected chi connectivity index (χ1v) is 9.53. The summed E-state index contributed by atoms with van der Waals surface area (Å²) in [6.07, 6.45) is 1.64. The average Bonchev–Trinajstić information content (AvgIpc) is 3.11. The Morgan fingerprint density at radius 1 is 1.44 bits per heavy atom. The van der Waals surface area contributed by atoms with Crippen molar-refractivity contribution in [1.82, 2.24) is 20.4 Å². The predicted octanol–water partition coefficient (Wildman–Crippen LogP) is 2.75. The Labute approximate surface area is 164 Å². The van der Waals surface area contributed by atoms with Gasteiger partial charge in [0.05, 0.1) is 13.2 Å². The van der Waals surface area contributed by atoms with E-state index >= 15 is 0 Å². The fraction of sp³-hybridized carbons (Fsp3) is 0.526. The van der Waals surface area contributed by atoms with E-state index in [1.807, 2.05) is 31.2 Å². The number of carbonyl (C=O) groups excluding carboxylic acids is 1. The number of nitrogens with zero attached hydrogens (tertiary/aromatic N) is 3. The number of carbonyl (C=O) groups is 1. The highest BCUT2D eigenvalue weighted by Gasteiger charge is 2.26. The van der Waals surface area contributed by atoms with Crippen LogP contribution in [0, 0.1) is 5.92 Å². The maximum atomic E-state index is 12.3. The largest absolute Gasteiger partial charge is 0.383 e. The minimum absolute atomic E-state index is 0.0313. The van der Waals surface area contributed by atoms with Crippen LogP contribution in [-0.4, -0.2) is 53.8 Å². The number of nitrogens with one attached hydrogen (secondary N) is 1. The molecule has 146 valence electrons. The Morgan fingerprint density at radius 2 is 2.22 bits per heavy atom. The molecule has 1 aromatic heterocycles. The number of hydrogen-bond acceptors (Lipinski definition) is 6. The molecule has 2 aromatic rings. The van der Waals surface area contributed by atoms with E-state index in [9.17, 15) is 4.79 Å². The molecule has 1 saturated heterocycles. The highest BCUT2D eigenvalue weighted by molar-refractivity contribution is 6.30. The van der Waals surface area contributed by atoms with Crippen LogP contribution in [0.4, 0.5) is 0 Å². The van der Waals surface area contributed by atoms with Crippen LogP contribution in [0.1, 0.15) is 25.7 Å². The van der Waals surface area contributed by atoms with Gasteiger partial charge in [0.2, 0.25) is 17.6 Å². The molecular weight excluding hydrogens is 368 g/mol. The van der Waals surface area contributed by atoms with Gasteiger partial charge in [-0.25, -0.2) is 0 Å². The second kappa shape index (κ2) is 9.30. The van der Waals surface area contributed by atoms with E-state index in [1.54, 1.807) is 7.11 Å². The summed E-state index contributed by atoms with van der Waals surface area (Å²) in [5.41, 5.74) is 0.832. The maximum absolute atomic E-state index is 12.3. The predicted molar refractivity (Wildman–Crippen MR) is 102 cm³/mol. The van der Waals surface area contributed by atoms with Gasteiger partial charge < -0.3 is 14.6 Å². The van der Waals surface area contributed by atoms with Crippen LogP contribution in [0.2, 0.25) is 5.02 Å². The maximum Gasteiger partial charge on any atom is 0.241 e. The third-order valence-electron chi connectivity index (χ3n) is 4.67. The number of likely N-dealkylation sites (tertiary alicyclic amines) is 1. The molecule has 1 N–H and O–H groups in total. The van der Waals surface area contributed by atoms with E-state index < -0.39 is 0 Å². The molecule has 0 aliphatic carbocycles. The number of ether oxygens (including phenoxy) is 1. The lowest BCUT2D eigenvalue weighted by molar-refractivity contribution is -0.127. The number of methoxy groups -OCH3 is 1. The van der Waals surface area contributed by atoms with Gasteiger partial charge in [-0.15, -0.1) is 0 Å². The number of benzene rings is 1. The van der Waals surface area contributed by atoms with Crippen LogP contribution in [0.15, 0.2) is 28.8 Å². The van der Waals surface area contributed by atoms with Gasteiger partial charge in [0.15, 0.2) is 0 Å². The molecule has 0 radical (unpaired) electrons. The second-order valence-corrected chi connectivity index (χ2v) is 7.37. The van der Waals surface area contributed by atoms with Gasteiger partial charge in [-0.2, -0.15) is 4.98 Å². The minimum atomic E-state index is 0.0313. The van der Waals surface area contributed by atoms with Gasteiger partial charge in [0, 0.05) is 29.7 Å². The van der Waals surface area contributed by atoms with Crippen LogP contribution in [0.3, 0.4) is 0 Å². The van der Waals surface area contributed by atoms with Gasteiger partial charge in [-0.3, -0.25) is 9.69 Å². The summed E-state index contributed by atoms with van der Waals surface area (Å²) < 4.78 is 10.4. The molecule has 1 fully saturated rings. The Hall–Kier alpha value is -1.96. The zero-order chi connectivity index (χ0) is 19.2. The first-order valence-electron chi connectivity index (χ1n) is 9.15. The van der Waals surface area contributed by atoms with E-state index in [0.29, 0.717) is 29.9 Å². The quantitative estimate of drug-likeness (QED) is 0.780. The van der Waals surface area contributed by atoms with Gasteiger partial charge in [-0.05, 0) is 45.0 Å². The lowest BCUT2D eigenvalue weighted by Crippen LogP contribution is -2.44. The van der Waals surface area contributed by atoms with E-state index in [2.05, 4.69) is 20.4 Å². The van der Waals surface area contributed by atoms with Crippen molar-refractivity contribution in [3.05, 3.63) is 35.2 Å². The molecule has 0 spiro atoms. The molecule has 0 bridgehead atoms. The molecule has 7 nitrogen and oxygen atoms in total. The average molecular weight is 393 g/mol. The number of hydrogen-bond donors (Lipinski definition) is 1. The molecule has 1 amide bonds. The summed E-state index contributed by atoms with van der Waals surface area (Å²) in [6, 6.07) is 7.41. The number of amides is 1. The molecule has 1 unspecified atom stereocenters. The molecule has 0 saturated carbocycles. The Balaban J connectivity index is 1.49. The summed E-state index contributed by atoms with van der Waals surface area (Å²) in [7, 11) is 1.64. The summed E-state index contributed by atoms with van der Waals surface area (Å²) in [5.74, 6) is 1.26. The summed E-state index contributed by atoms with van der Waals surface area (Å²) in [5, 5.41) is 7.68. The topological polar surface area (TPSA) is 80.5 Å². The van der Waals surface area contributed by atoms with Gasteiger partial charge in [-0.1, -0.05) is 28.9 Å². The van der Waals surface area contributed by atoms with Crippen molar-refractivity contribution in [2.45, 2.75) is 32.4 Å². The fourth-order valence-corrected chi connectivity index (χ4v) is 3.45. The Kier molecular flexibility index (Phi) is 6.82. The number of piperidine rings is 1. The number of aromatic nitrogens is 2. The lowest BCUT2D eigenvalue weighted by Gasteiger charge is -2.30. The normalized spacial score (nSPS) is 17.0. The van der Waals surface area contributed by atoms with Crippen LogP contribution >= 0.6 is 11.6 Å². The van der Waals surface area contributed by atoms with Crippen LogP contribution in [-0.2, 0) is 16.1 Å². The summed E-state index contributed by atoms with van der Waals surface area (Å²) in [4.78, 5) is 19.0. The van der Waals surface area contributed by atoms with Crippen LogP contribution in [0.5, 0.6) is 0 Å². The smallest absolute Gasteiger partial charge is 0.241 e.